The highest BCUT2D eigenvalue weighted by Gasteiger charge is 2.17. The number of para-hydroxylation sites is 2. The summed E-state index contributed by atoms with van der Waals surface area (Å²) in [6.07, 6.45) is -0.858. The van der Waals surface area contributed by atoms with Crippen molar-refractivity contribution in [1.82, 2.24) is 4.90 Å². The highest BCUT2D eigenvalue weighted by molar-refractivity contribution is 5.90. The molecule has 0 saturated carbocycles. The summed E-state index contributed by atoms with van der Waals surface area (Å²) in [5.41, 5.74) is 0.558. The number of aliphatic hydroxyl groups is 1. The Morgan fingerprint density at radius 3 is 2.85 bits per heavy atom. The SMILES string of the molecule is COc1ccccc1NC(=O)N(C)C[C@@H](O)COc1ccc2c(c1)OCO2. The number of carbonyl (C=O) groups is 1. The van der Waals surface area contributed by atoms with Gasteiger partial charge in [-0.15, -0.1) is 0 Å². The number of aliphatic hydroxyl groups excluding tert-OH is 1. The van der Waals surface area contributed by atoms with E-state index in [4.69, 9.17) is 18.9 Å². The molecule has 0 spiro atoms. The molecule has 0 saturated heterocycles. The summed E-state index contributed by atoms with van der Waals surface area (Å²) in [5, 5.41) is 12.9. The molecule has 8 heteroatoms. The van der Waals surface area contributed by atoms with Crippen molar-refractivity contribution in [3.63, 3.8) is 0 Å². The number of rotatable bonds is 7. The second-order valence-corrected chi connectivity index (χ2v) is 5.99. The zero-order valence-electron chi connectivity index (χ0n) is 15.2. The smallest absolute Gasteiger partial charge is 0.321 e. The van der Waals surface area contributed by atoms with Crippen LogP contribution in [0.15, 0.2) is 42.5 Å². The first-order valence-electron chi connectivity index (χ1n) is 8.42. The molecule has 0 fully saturated rings. The number of nitrogens with zero attached hydrogens (tertiary/aromatic N) is 1. The Morgan fingerprint density at radius 1 is 1.26 bits per heavy atom. The molecule has 1 atom stereocenters. The number of likely N-dealkylation sites (N-methyl/N-ethyl adjacent to an activating group) is 1. The Bertz CT molecular complexity index is 798. The first-order valence-corrected chi connectivity index (χ1v) is 8.42. The zero-order valence-corrected chi connectivity index (χ0v) is 15.2. The number of nitrogens with one attached hydrogen (secondary N) is 1. The van der Waals surface area contributed by atoms with E-state index in [1.807, 2.05) is 6.07 Å². The highest BCUT2D eigenvalue weighted by Crippen LogP contribution is 2.35. The normalized spacial score (nSPS) is 13.0. The van der Waals surface area contributed by atoms with Gasteiger partial charge in [-0.2, -0.15) is 0 Å². The van der Waals surface area contributed by atoms with Crippen molar-refractivity contribution < 1.29 is 28.8 Å². The number of ether oxygens (including phenoxy) is 4. The third kappa shape index (κ3) is 4.73. The average Bonchev–Trinajstić information content (AvgIpc) is 3.14. The summed E-state index contributed by atoms with van der Waals surface area (Å²) in [5.74, 6) is 2.39. The second kappa shape index (κ2) is 8.50. The van der Waals surface area contributed by atoms with Gasteiger partial charge in [0.1, 0.15) is 24.2 Å². The molecule has 0 unspecified atom stereocenters. The number of anilines is 1. The minimum Gasteiger partial charge on any atom is -0.495 e. The molecule has 144 valence electrons. The maximum atomic E-state index is 12.3. The number of fused-ring (bicyclic) bond motifs is 1. The van der Waals surface area contributed by atoms with Crippen molar-refractivity contribution in [3.8, 4) is 23.0 Å². The minimum atomic E-state index is -0.858. The molecule has 2 aromatic rings. The number of methoxy groups -OCH3 is 1. The molecule has 1 heterocycles. The molecule has 0 aromatic heterocycles. The molecule has 2 amide bonds. The summed E-state index contributed by atoms with van der Waals surface area (Å²) in [4.78, 5) is 13.7. The molecule has 3 rings (SSSR count). The molecule has 0 radical (unpaired) electrons. The van der Waals surface area contributed by atoms with E-state index < -0.39 is 6.10 Å². The minimum absolute atomic E-state index is 0.0337. The van der Waals surface area contributed by atoms with E-state index in [9.17, 15) is 9.90 Å². The van der Waals surface area contributed by atoms with Gasteiger partial charge >= 0.3 is 6.03 Å². The van der Waals surface area contributed by atoms with Crippen LogP contribution in [0.2, 0.25) is 0 Å². The van der Waals surface area contributed by atoms with Crippen molar-refractivity contribution in [1.29, 1.82) is 0 Å². The van der Waals surface area contributed by atoms with Gasteiger partial charge in [0.05, 0.1) is 19.3 Å². The van der Waals surface area contributed by atoms with Crippen LogP contribution in [0.5, 0.6) is 23.0 Å². The Labute approximate surface area is 157 Å². The molecular weight excluding hydrogens is 352 g/mol. The van der Waals surface area contributed by atoms with Gasteiger partial charge in [-0.1, -0.05) is 12.1 Å². The number of hydrogen-bond donors (Lipinski definition) is 2. The first-order chi connectivity index (χ1) is 13.1. The predicted molar refractivity (Wildman–Crippen MR) is 98.7 cm³/mol. The summed E-state index contributed by atoms with van der Waals surface area (Å²) < 4.78 is 21.3. The lowest BCUT2D eigenvalue weighted by molar-refractivity contribution is 0.0849. The van der Waals surface area contributed by atoms with E-state index in [2.05, 4.69) is 5.32 Å². The van der Waals surface area contributed by atoms with Crippen LogP contribution in [0.3, 0.4) is 0 Å². The fourth-order valence-electron chi connectivity index (χ4n) is 2.57. The van der Waals surface area contributed by atoms with Gasteiger partial charge < -0.3 is 34.3 Å². The maximum Gasteiger partial charge on any atom is 0.321 e. The first kappa shape index (κ1) is 18.7. The lowest BCUT2D eigenvalue weighted by atomic mass is 10.3. The van der Waals surface area contributed by atoms with Crippen LogP contribution in [-0.4, -0.2) is 56.2 Å². The van der Waals surface area contributed by atoms with E-state index in [1.54, 1.807) is 43.4 Å². The Hall–Kier alpha value is -3.13. The number of amides is 2. The molecule has 8 nitrogen and oxygen atoms in total. The van der Waals surface area contributed by atoms with Crippen LogP contribution in [0.4, 0.5) is 10.5 Å². The third-order valence-electron chi connectivity index (χ3n) is 3.97. The van der Waals surface area contributed by atoms with Gasteiger partial charge in [-0.3, -0.25) is 0 Å². The van der Waals surface area contributed by atoms with Crippen LogP contribution < -0.4 is 24.3 Å². The Kier molecular flexibility index (Phi) is 5.87. The van der Waals surface area contributed by atoms with Crippen molar-refractivity contribution in [2.24, 2.45) is 0 Å². The fourth-order valence-corrected chi connectivity index (χ4v) is 2.57. The van der Waals surface area contributed by atoms with Gasteiger partial charge in [-0.05, 0) is 24.3 Å². The molecule has 27 heavy (non-hydrogen) atoms. The molecular formula is C19H22N2O6. The lowest BCUT2D eigenvalue weighted by Crippen LogP contribution is -2.39. The van der Waals surface area contributed by atoms with Crippen LogP contribution >= 0.6 is 0 Å². The quantitative estimate of drug-likeness (QED) is 0.773. The number of hydrogen-bond acceptors (Lipinski definition) is 6. The van der Waals surface area contributed by atoms with Crippen LogP contribution in [0.25, 0.3) is 0 Å². The summed E-state index contributed by atoms with van der Waals surface area (Å²) in [6, 6.07) is 11.9. The third-order valence-corrected chi connectivity index (χ3v) is 3.97. The topological polar surface area (TPSA) is 89.5 Å². The monoisotopic (exact) mass is 374 g/mol. The van der Waals surface area contributed by atoms with E-state index in [-0.39, 0.29) is 26.0 Å². The molecule has 1 aliphatic rings. The summed E-state index contributed by atoms with van der Waals surface area (Å²) >= 11 is 0. The van der Waals surface area contributed by atoms with E-state index >= 15 is 0 Å². The van der Waals surface area contributed by atoms with Crippen molar-refractivity contribution in [3.05, 3.63) is 42.5 Å². The molecule has 0 bridgehead atoms. The molecule has 2 aromatic carbocycles. The molecule has 1 aliphatic heterocycles. The lowest BCUT2D eigenvalue weighted by Gasteiger charge is -2.22. The number of carbonyl (C=O) groups excluding carboxylic acids is 1. The molecule has 0 aliphatic carbocycles. The van der Waals surface area contributed by atoms with Crippen molar-refractivity contribution >= 4 is 11.7 Å². The second-order valence-electron chi connectivity index (χ2n) is 5.99. The average molecular weight is 374 g/mol. The molecule has 2 N–H and O–H groups in total. The van der Waals surface area contributed by atoms with Crippen LogP contribution in [0.1, 0.15) is 0 Å². The Morgan fingerprint density at radius 2 is 2.04 bits per heavy atom. The standard InChI is InChI=1S/C19H22N2O6/c1-21(19(23)20-15-5-3-4-6-16(15)24-2)10-13(22)11-25-14-7-8-17-18(9-14)27-12-26-17/h3-9,13,22H,10-12H2,1-2H3,(H,20,23)/t13-/m1/s1. The van der Waals surface area contributed by atoms with Gasteiger partial charge in [-0.25, -0.2) is 4.79 Å². The maximum absolute atomic E-state index is 12.3. The van der Waals surface area contributed by atoms with Crippen molar-refractivity contribution in [2.75, 3.05) is 39.4 Å². The van der Waals surface area contributed by atoms with Gasteiger partial charge in [0.25, 0.3) is 0 Å². The van der Waals surface area contributed by atoms with E-state index in [0.29, 0.717) is 28.7 Å². The number of benzene rings is 2. The van der Waals surface area contributed by atoms with Gasteiger partial charge in [0, 0.05) is 13.1 Å². The Balaban J connectivity index is 1.48. The fraction of sp³-hybridized carbons (Fsp3) is 0.316. The summed E-state index contributed by atoms with van der Waals surface area (Å²) in [6.45, 7) is 0.324. The van der Waals surface area contributed by atoms with Crippen molar-refractivity contribution in [2.45, 2.75) is 6.10 Å². The highest BCUT2D eigenvalue weighted by atomic mass is 16.7. The summed E-state index contributed by atoms with van der Waals surface area (Å²) in [7, 11) is 3.13. The number of urea groups is 1. The van der Waals surface area contributed by atoms with Gasteiger partial charge in [0.15, 0.2) is 11.5 Å². The largest absolute Gasteiger partial charge is 0.495 e. The van der Waals surface area contributed by atoms with E-state index in [0.717, 1.165) is 0 Å². The van der Waals surface area contributed by atoms with E-state index in [1.165, 1.54) is 12.0 Å². The van der Waals surface area contributed by atoms with Crippen LogP contribution in [-0.2, 0) is 0 Å². The zero-order chi connectivity index (χ0) is 19.2. The van der Waals surface area contributed by atoms with Crippen LogP contribution in [0, 0.1) is 0 Å². The predicted octanol–water partition coefficient (Wildman–Crippen LogP) is 2.33. The van der Waals surface area contributed by atoms with Gasteiger partial charge in [0.2, 0.25) is 6.79 Å².